The molecule has 0 fully saturated rings. The first kappa shape index (κ1) is 18.5. The van der Waals surface area contributed by atoms with Gasteiger partial charge in [-0.1, -0.05) is 19.9 Å². The van der Waals surface area contributed by atoms with E-state index in [1.54, 1.807) is 17.4 Å². The minimum atomic E-state index is -0.138. The largest absolute Gasteiger partial charge is 0.490 e. The molecule has 1 aliphatic rings. The maximum Gasteiger partial charge on any atom is 0.244 e. The van der Waals surface area contributed by atoms with Crippen molar-refractivity contribution in [1.82, 2.24) is 10.3 Å². The predicted octanol–water partition coefficient (Wildman–Crippen LogP) is 4.14. The highest BCUT2D eigenvalue weighted by Gasteiger charge is 2.20. The molecule has 0 unspecified atom stereocenters. The molecule has 2 heterocycles. The third-order valence-corrected chi connectivity index (χ3v) is 4.93. The zero-order valence-electron chi connectivity index (χ0n) is 15.3. The van der Waals surface area contributed by atoms with Crippen LogP contribution in [-0.4, -0.2) is 24.1 Å². The van der Waals surface area contributed by atoms with Gasteiger partial charge in [-0.05, 0) is 36.6 Å². The first-order valence-electron chi connectivity index (χ1n) is 8.83. The Morgan fingerprint density at radius 3 is 2.73 bits per heavy atom. The van der Waals surface area contributed by atoms with Crippen LogP contribution in [0, 0.1) is 12.8 Å². The van der Waals surface area contributed by atoms with Crippen LogP contribution in [-0.2, 0) is 4.79 Å². The maximum absolute atomic E-state index is 12.4. The van der Waals surface area contributed by atoms with Crippen molar-refractivity contribution in [1.29, 1.82) is 0 Å². The van der Waals surface area contributed by atoms with Crippen LogP contribution in [0.2, 0.25) is 0 Å². The van der Waals surface area contributed by atoms with E-state index in [0.717, 1.165) is 34.2 Å². The predicted molar refractivity (Wildman–Crippen MR) is 104 cm³/mol. The highest BCUT2D eigenvalue weighted by atomic mass is 32.1. The topological polar surface area (TPSA) is 60.5 Å². The normalized spacial score (nSPS) is 15.1. The molecule has 1 aliphatic heterocycles. The van der Waals surface area contributed by atoms with Gasteiger partial charge in [0.2, 0.25) is 5.91 Å². The number of hydrogen-bond acceptors (Lipinski definition) is 5. The SMILES string of the molecule is Cc1nc(/C=C/C(=O)N[C@@H](c2ccc3c(c2)OCCCO3)C(C)C)cs1. The summed E-state index contributed by atoms with van der Waals surface area (Å²) in [7, 11) is 0. The van der Waals surface area contributed by atoms with Crippen molar-refractivity contribution < 1.29 is 14.3 Å². The van der Waals surface area contributed by atoms with Gasteiger partial charge >= 0.3 is 0 Å². The number of ether oxygens (including phenoxy) is 2. The first-order valence-corrected chi connectivity index (χ1v) is 9.71. The molecule has 0 radical (unpaired) electrons. The van der Waals surface area contributed by atoms with Crippen molar-refractivity contribution in [2.75, 3.05) is 13.2 Å². The Bertz CT molecular complexity index is 798. The lowest BCUT2D eigenvalue weighted by Gasteiger charge is -2.23. The molecule has 1 N–H and O–H groups in total. The number of carbonyl (C=O) groups is 1. The number of nitrogens with zero attached hydrogens (tertiary/aromatic N) is 1. The molecule has 1 aromatic carbocycles. The molecule has 1 aromatic heterocycles. The summed E-state index contributed by atoms with van der Waals surface area (Å²) in [6.07, 6.45) is 4.15. The Hall–Kier alpha value is -2.34. The first-order chi connectivity index (χ1) is 12.5. The highest BCUT2D eigenvalue weighted by molar-refractivity contribution is 7.09. The molecular weight excluding hydrogens is 348 g/mol. The van der Waals surface area contributed by atoms with Gasteiger partial charge in [-0.2, -0.15) is 0 Å². The van der Waals surface area contributed by atoms with Gasteiger partial charge < -0.3 is 14.8 Å². The fraction of sp³-hybridized carbons (Fsp3) is 0.400. The van der Waals surface area contributed by atoms with E-state index in [4.69, 9.17) is 9.47 Å². The summed E-state index contributed by atoms with van der Waals surface area (Å²) in [5.74, 6) is 1.60. The van der Waals surface area contributed by atoms with Gasteiger partial charge in [0.1, 0.15) is 0 Å². The number of nitrogens with one attached hydrogen (secondary N) is 1. The summed E-state index contributed by atoms with van der Waals surface area (Å²) < 4.78 is 11.5. The van der Waals surface area contributed by atoms with Crippen LogP contribution in [0.1, 0.15) is 42.6 Å². The third kappa shape index (κ3) is 4.64. The summed E-state index contributed by atoms with van der Waals surface area (Å²) in [4.78, 5) is 16.7. The fourth-order valence-corrected chi connectivity index (χ4v) is 3.41. The number of fused-ring (bicyclic) bond motifs is 1. The maximum atomic E-state index is 12.4. The van der Waals surface area contributed by atoms with Gasteiger partial charge in [0.15, 0.2) is 11.5 Å². The molecule has 1 atom stereocenters. The van der Waals surface area contributed by atoms with Crippen LogP contribution in [0.25, 0.3) is 6.08 Å². The summed E-state index contributed by atoms with van der Waals surface area (Å²) in [5, 5.41) is 6.00. The van der Waals surface area contributed by atoms with E-state index in [1.165, 1.54) is 6.08 Å². The third-order valence-electron chi connectivity index (χ3n) is 4.14. The Balaban J connectivity index is 1.73. The molecule has 138 valence electrons. The number of amides is 1. The van der Waals surface area contributed by atoms with Crippen LogP contribution < -0.4 is 14.8 Å². The average molecular weight is 372 g/mol. The number of aromatic nitrogens is 1. The van der Waals surface area contributed by atoms with Crippen molar-refractivity contribution in [2.45, 2.75) is 33.2 Å². The van der Waals surface area contributed by atoms with Gasteiger partial charge in [0, 0.05) is 17.9 Å². The molecule has 26 heavy (non-hydrogen) atoms. The Kier molecular flexibility index (Phi) is 5.93. The molecule has 0 bridgehead atoms. The molecule has 2 aromatic rings. The Labute approximate surface area is 158 Å². The molecule has 1 amide bonds. The van der Waals surface area contributed by atoms with Crippen molar-refractivity contribution in [3.05, 3.63) is 45.9 Å². The zero-order chi connectivity index (χ0) is 18.5. The van der Waals surface area contributed by atoms with E-state index in [9.17, 15) is 4.79 Å². The molecular formula is C20H24N2O3S. The second-order valence-electron chi connectivity index (χ2n) is 6.61. The van der Waals surface area contributed by atoms with Gasteiger partial charge in [0.25, 0.3) is 0 Å². The summed E-state index contributed by atoms with van der Waals surface area (Å²) in [5.41, 5.74) is 1.81. The average Bonchev–Trinajstić information content (AvgIpc) is 2.89. The smallest absolute Gasteiger partial charge is 0.244 e. The number of benzene rings is 1. The molecule has 5 nitrogen and oxygen atoms in total. The molecule has 3 rings (SSSR count). The van der Waals surface area contributed by atoms with E-state index in [0.29, 0.717) is 13.2 Å². The lowest BCUT2D eigenvalue weighted by atomic mass is 9.95. The monoisotopic (exact) mass is 372 g/mol. The van der Waals surface area contributed by atoms with Crippen LogP contribution in [0.3, 0.4) is 0 Å². The lowest BCUT2D eigenvalue weighted by Crippen LogP contribution is -2.30. The summed E-state index contributed by atoms with van der Waals surface area (Å²) in [6, 6.07) is 5.78. The Morgan fingerprint density at radius 2 is 2.04 bits per heavy atom. The van der Waals surface area contributed by atoms with Gasteiger partial charge in [-0.15, -0.1) is 11.3 Å². The number of carbonyl (C=O) groups excluding carboxylic acids is 1. The van der Waals surface area contributed by atoms with Crippen molar-refractivity contribution in [3.63, 3.8) is 0 Å². The van der Waals surface area contributed by atoms with Gasteiger partial charge in [-0.3, -0.25) is 4.79 Å². The van der Waals surface area contributed by atoms with E-state index in [2.05, 4.69) is 24.1 Å². The molecule has 0 saturated carbocycles. The van der Waals surface area contributed by atoms with Crippen LogP contribution in [0.5, 0.6) is 11.5 Å². The highest BCUT2D eigenvalue weighted by Crippen LogP contribution is 2.34. The molecule has 0 aliphatic carbocycles. The van der Waals surface area contributed by atoms with Crippen LogP contribution in [0.4, 0.5) is 0 Å². The number of aryl methyl sites for hydroxylation is 1. The Morgan fingerprint density at radius 1 is 1.27 bits per heavy atom. The van der Waals surface area contributed by atoms with Gasteiger partial charge in [-0.25, -0.2) is 4.98 Å². The van der Waals surface area contributed by atoms with E-state index in [1.807, 2.05) is 30.5 Å². The van der Waals surface area contributed by atoms with E-state index >= 15 is 0 Å². The van der Waals surface area contributed by atoms with E-state index in [-0.39, 0.29) is 17.9 Å². The molecule has 6 heteroatoms. The van der Waals surface area contributed by atoms with E-state index < -0.39 is 0 Å². The second-order valence-corrected chi connectivity index (χ2v) is 7.67. The molecule has 0 saturated heterocycles. The summed E-state index contributed by atoms with van der Waals surface area (Å²) >= 11 is 1.57. The minimum Gasteiger partial charge on any atom is -0.490 e. The van der Waals surface area contributed by atoms with Crippen molar-refractivity contribution >= 4 is 23.3 Å². The standard InChI is InChI=1S/C20H24N2O3S/c1-13(2)20(22-19(23)8-6-16-12-26-14(3)21-16)15-5-7-17-18(11-15)25-10-4-9-24-17/h5-8,11-13,20H,4,9-10H2,1-3H3,(H,22,23)/b8-6+/t20-/m1/s1. The lowest BCUT2D eigenvalue weighted by molar-refractivity contribution is -0.117. The number of thiazole rings is 1. The second kappa shape index (κ2) is 8.36. The van der Waals surface area contributed by atoms with Crippen LogP contribution >= 0.6 is 11.3 Å². The number of rotatable bonds is 5. The quantitative estimate of drug-likeness (QED) is 0.802. The van der Waals surface area contributed by atoms with Crippen molar-refractivity contribution in [2.24, 2.45) is 5.92 Å². The summed E-state index contributed by atoms with van der Waals surface area (Å²) in [6.45, 7) is 7.42. The zero-order valence-corrected chi connectivity index (χ0v) is 16.1. The van der Waals surface area contributed by atoms with Gasteiger partial charge in [0.05, 0.1) is 30.0 Å². The molecule has 0 spiro atoms. The minimum absolute atomic E-state index is 0.110. The fourth-order valence-electron chi connectivity index (χ4n) is 2.83. The van der Waals surface area contributed by atoms with Crippen molar-refractivity contribution in [3.8, 4) is 11.5 Å². The number of hydrogen-bond donors (Lipinski definition) is 1. The van der Waals surface area contributed by atoms with Crippen LogP contribution in [0.15, 0.2) is 29.7 Å².